The zero-order chi connectivity index (χ0) is 24.2. The zero-order valence-corrected chi connectivity index (χ0v) is 19.4. The Hall–Kier alpha value is -4.26. The van der Waals surface area contributed by atoms with Crippen LogP contribution in [0.5, 0.6) is 0 Å². The van der Waals surface area contributed by atoms with E-state index in [0.717, 1.165) is 46.5 Å². The molecule has 0 saturated heterocycles. The van der Waals surface area contributed by atoms with E-state index in [-0.39, 0.29) is 25.4 Å². The van der Waals surface area contributed by atoms with Crippen molar-refractivity contribution in [3.63, 3.8) is 0 Å². The minimum atomic E-state index is -0.496. The molecule has 7 nitrogen and oxygen atoms in total. The Kier molecular flexibility index (Phi) is 6.39. The number of carbonyl (C=O) groups is 2. The number of aromatic nitrogens is 2. The number of carbonyl (C=O) groups excluding carboxylic acids is 2. The monoisotopic (exact) mass is 467 g/mol. The zero-order valence-electron chi connectivity index (χ0n) is 19.4. The summed E-state index contributed by atoms with van der Waals surface area (Å²) in [6.45, 7) is 1.66. The average Bonchev–Trinajstić information content (AvgIpc) is 3.29. The van der Waals surface area contributed by atoms with E-state index in [9.17, 15) is 9.59 Å². The number of rotatable bonds is 6. The van der Waals surface area contributed by atoms with E-state index in [1.807, 2.05) is 79.7 Å². The van der Waals surface area contributed by atoms with E-state index < -0.39 is 5.97 Å². The third-order valence-electron chi connectivity index (χ3n) is 6.04. The summed E-state index contributed by atoms with van der Waals surface area (Å²) >= 11 is 0. The van der Waals surface area contributed by atoms with Crippen molar-refractivity contribution in [2.75, 3.05) is 11.5 Å². The molecule has 0 unspecified atom stereocenters. The maximum Gasteiger partial charge on any atom is 0.306 e. The number of hydrogen-bond acceptors (Lipinski definition) is 6. The first-order valence-corrected chi connectivity index (χ1v) is 11.6. The second-order valence-electron chi connectivity index (χ2n) is 8.51. The maximum absolute atomic E-state index is 13.2. The summed E-state index contributed by atoms with van der Waals surface area (Å²) in [4.78, 5) is 27.3. The van der Waals surface area contributed by atoms with Gasteiger partial charge in [-0.15, -0.1) is 10.2 Å². The Morgan fingerprint density at radius 1 is 0.886 bits per heavy atom. The second-order valence-corrected chi connectivity index (χ2v) is 8.51. The van der Waals surface area contributed by atoms with Gasteiger partial charge < -0.3 is 9.15 Å². The van der Waals surface area contributed by atoms with E-state index in [1.54, 1.807) is 4.90 Å². The van der Waals surface area contributed by atoms with Crippen LogP contribution in [-0.4, -0.2) is 28.7 Å². The van der Waals surface area contributed by atoms with E-state index >= 15 is 0 Å². The SMILES string of the molecule is Cc1ccc(-c2nnc(CCC(=O)OCC(=O)N3c4ccccc4CCc4ccccc43)o2)cc1. The van der Waals surface area contributed by atoms with Crippen LogP contribution in [-0.2, 0) is 33.6 Å². The third-order valence-corrected chi connectivity index (χ3v) is 6.04. The van der Waals surface area contributed by atoms with E-state index in [4.69, 9.17) is 9.15 Å². The van der Waals surface area contributed by atoms with Crippen molar-refractivity contribution in [1.29, 1.82) is 0 Å². The average molecular weight is 468 g/mol. The molecule has 0 atom stereocenters. The van der Waals surface area contributed by atoms with Crippen molar-refractivity contribution in [3.05, 3.63) is 95.4 Å². The molecule has 4 aromatic rings. The topological polar surface area (TPSA) is 85.5 Å². The van der Waals surface area contributed by atoms with Crippen molar-refractivity contribution in [1.82, 2.24) is 10.2 Å². The molecule has 1 aromatic heterocycles. The van der Waals surface area contributed by atoms with Gasteiger partial charge >= 0.3 is 5.97 Å². The van der Waals surface area contributed by atoms with Gasteiger partial charge in [-0.25, -0.2) is 0 Å². The molecule has 3 aromatic carbocycles. The van der Waals surface area contributed by atoms with Crippen molar-refractivity contribution in [2.45, 2.75) is 32.6 Å². The highest BCUT2D eigenvalue weighted by Gasteiger charge is 2.26. The number of aryl methyl sites for hydroxylation is 4. The van der Waals surface area contributed by atoms with Gasteiger partial charge in [-0.1, -0.05) is 54.1 Å². The van der Waals surface area contributed by atoms with Gasteiger partial charge in [0, 0.05) is 12.0 Å². The third kappa shape index (κ3) is 4.99. The number of amides is 1. The van der Waals surface area contributed by atoms with Crippen LogP contribution in [0.25, 0.3) is 11.5 Å². The van der Waals surface area contributed by atoms with Crippen LogP contribution in [0.15, 0.2) is 77.2 Å². The Balaban J connectivity index is 1.22. The summed E-state index contributed by atoms with van der Waals surface area (Å²) in [6, 6.07) is 23.4. The quantitative estimate of drug-likeness (QED) is 0.372. The first kappa shape index (κ1) is 22.5. The standard InChI is InChI=1S/C28H25N3O4/c1-19-10-12-22(13-11-19)28-30-29-25(35-28)16-17-27(33)34-18-26(32)31-23-8-4-2-6-20(23)14-15-21-7-3-5-9-24(21)31/h2-13H,14-18H2,1H3. The lowest BCUT2D eigenvalue weighted by atomic mass is 10.0. The summed E-state index contributed by atoms with van der Waals surface area (Å²) in [6.07, 6.45) is 1.95. The molecular formula is C28H25N3O4. The Labute approximate surface area is 203 Å². The first-order chi connectivity index (χ1) is 17.1. The number of para-hydroxylation sites is 2. The maximum atomic E-state index is 13.2. The molecule has 0 saturated carbocycles. The van der Waals surface area contributed by atoms with Gasteiger partial charge in [0.05, 0.1) is 17.8 Å². The Morgan fingerprint density at radius 3 is 2.17 bits per heavy atom. The molecule has 0 spiro atoms. The largest absolute Gasteiger partial charge is 0.456 e. The molecule has 1 aliphatic heterocycles. The van der Waals surface area contributed by atoms with Crippen LogP contribution >= 0.6 is 0 Å². The number of fused-ring (bicyclic) bond motifs is 2. The van der Waals surface area contributed by atoms with Crippen molar-refractivity contribution >= 4 is 23.3 Å². The predicted molar refractivity (Wildman–Crippen MR) is 131 cm³/mol. The summed E-state index contributed by atoms with van der Waals surface area (Å²) in [5.74, 6) is -0.0364. The smallest absolute Gasteiger partial charge is 0.306 e. The van der Waals surface area contributed by atoms with Gasteiger partial charge in [-0.05, 0) is 55.2 Å². The molecule has 7 heteroatoms. The molecule has 5 rings (SSSR count). The van der Waals surface area contributed by atoms with Crippen LogP contribution < -0.4 is 4.90 Å². The fourth-order valence-corrected chi connectivity index (χ4v) is 4.20. The van der Waals surface area contributed by atoms with Crippen LogP contribution in [0.4, 0.5) is 11.4 Å². The lowest BCUT2D eigenvalue weighted by Crippen LogP contribution is -2.31. The molecule has 0 N–H and O–H groups in total. The number of ether oxygens (including phenoxy) is 1. The number of anilines is 2. The Morgan fingerprint density at radius 2 is 1.51 bits per heavy atom. The molecule has 176 valence electrons. The molecule has 0 aliphatic carbocycles. The van der Waals surface area contributed by atoms with E-state index in [1.165, 1.54) is 0 Å². The van der Waals surface area contributed by atoms with Crippen LogP contribution in [0, 0.1) is 6.92 Å². The fourth-order valence-electron chi connectivity index (χ4n) is 4.20. The number of benzene rings is 3. The lowest BCUT2D eigenvalue weighted by Gasteiger charge is -2.24. The predicted octanol–water partition coefficient (Wildman–Crippen LogP) is 4.98. The van der Waals surface area contributed by atoms with Gasteiger partial charge in [0.15, 0.2) is 6.61 Å². The van der Waals surface area contributed by atoms with Gasteiger partial charge in [0.25, 0.3) is 5.91 Å². The van der Waals surface area contributed by atoms with Crippen molar-refractivity contribution in [2.24, 2.45) is 0 Å². The molecular weight excluding hydrogens is 442 g/mol. The highest BCUT2D eigenvalue weighted by molar-refractivity contribution is 6.03. The highest BCUT2D eigenvalue weighted by Crippen LogP contribution is 2.36. The van der Waals surface area contributed by atoms with Gasteiger partial charge in [0.2, 0.25) is 11.8 Å². The number of esters is 1. The first-order valence-electron chi connectivity index (χ1n) is 11.6. The molecule has 35 heavy (non-hydrogen) atoms. The van der Waals surface area contributed by atoms with Crippen LogP contribution in [0.1, 0.15) is 29.0 Å². The second kappa shape index (κ2) is 9.93. The molecule has 1 amide bonds. The molecule has 2 heterocycles. The van der Waals surface area contributed by atoms with Crippen LogP contribution in [0.3, 0.4) is 0 Å². The molecule has 1 aliphatic rings. The van der Waals surface area contributed by atoms with Gasteiger partial charge in [-0.2, -0.15) is 0 Å². The van der Waals surface area contributed by atoms with Gasteiger partial charge in [0.1, 0.15) is 0 Å². The summed E-state index contributed by atoms with van der Waals surface area (Å²) in [5.41, 5.74) is 5.78. The number of nitrogens with zero attached hydrogens (tertiary/aromatic N) is 3. The van der Waals surface area contributed by atoms with E-state index in [2.05, 4.69) is 10.2 Å². The van der Waals surface area contributed by atoms with Crippen molar-refractivity contribution < 1.29 is 18.7 Å². The summed E-state index contributed by atoms with van der Waals surface area (Å²) < 4.78 is 11.0. The van der Waals surface area contributed by atoms with Crippen molar-refractivity contribution in [3.8, 4) is 11.5 Å². The summed E-state index contributed by atoms with van der Waals surface area (Å²) in [5, 5.41) is 8.07. The van der Waals surface area contributed by atoms with E-state index in [0.29, 0.717) is 11.8 Å². The molecule has 0 radical (unpaired) electrons. The lowest BCUT2D eigenvalue weighted by molar-refractivity contribution is -0.147. The highest BCUT2D eigenvalue weighted by atomic mass is 16.5. The Bertz CT molecular complexity index is 1310. The molecule has 0 bridgehead atoms. The molecule has 0 fully saturated rings. The normalized spacial score (nSPS) is 12.4. The van der Waals surface area contributed by atoms with Crippen LogP contribution in [0.2, 0.25) is 0 Å². The number of hydrogen-bond donors (Lipinski definition) is 0. The minimum Gasteiger partial charge on any atom is -0.456 e. The fraction of sp³-hybridized carbons (Fsp3) is 0.214. The minimum absolute atomic E-state index is 0.0377. The van der Waals surface area contributed by atoms with Gasteiger partial charge in [-0.3, -0.25) is 14.5 Å². The summed E-state index contributed by atoms with van der Waals surface area (Å²) in [7, 11) is 0.